The molecular weight excluding hydrogens is 237 g/mol. The van der Waals surface area contributed by atoms with Gasteiger partial charge in [0, 0.05) is 23.1 Å². The van der Waals surface area contributed by atoms with E-state index in [1.807, 2.05) is 0 Å². The predicted molar refractivity (Wildman–Crippen MR) is 52.9 cm³/mol. The quantitative estimate of drug-likeness (QED) is 0.794. The molecule has 2 nitrogen and oxygen atoms in total. The van der Waals surface area contributed by atoms with E-state index < -0.39 is 0 Å². The van der Waals surface area contributed by atoms with Crippen LogP contribution in [0, 0.1) is 5.82 Å². The van der Waals surface area contributed by atoms with Gasteiger partial charge in [-0.3, -0.25) is 0 Å². The minimum atomic E-state index is -0.236. The summed E-state index contributed by atoms with van der Waals surface area (Å²) in [5.41, 5.74) is 0.593. The lowest BCUT2D eigenvalue weighted by atomic mass is 10.2. The van der Waals surface area contributed by atoms with Crippen LogP contribution in [0.25, 0.3) is 0 Å². The summed E-state index contributed by atoms with van der Waals surface area (Å²) in [7, 11) is 0. The summed E-state index contributed by atoms with van der Waals surface area (Å²) in [6.45, 7) is 0.959. The van der Waals surface area contributed by atoms with Gasteiger partial charge >= 0.3 is 0 Å². The maximum atomic E-state index is 13.1. The van der Waals surface area contributed by atoms with E-state index in [0.717, 1.165) is 4.47 Å². The molecule has 0 aliphatic rings. The SMILES string of the molecule is OCCNCc1c(F)cccc1Br. The molecule has 0 aliphatic heterocycles. The van der Waals surface area contributed by atoms with Crippen molar-refractivity contribution in [2.24, 2.45) is 0 Å². The summed E-state index contributed by atoms with van der Waals surface area (Å²) in [6, 6.07) is 4.86. The van der Waals surface area contributed by atoms with Crippen LogP contribution in [0.3, 0.4) is 0 Å². The fourth-order valence-electron chi connectivity index (χ4n) is 0.994. The maximum Gasteiger partial charge on any atom is 0.128 e. The molecule has 0 atom stereocenters. The smallest absolute Gasteiger partial charge is 0.128 e. The van der Waals surface area contributed by atoms with Gasteiger partial charge in [-0.25, -0.2) is 4.39 Å². The average Bonchev–Trinajstić information content (AvgIpc) is 2.10. The third-order valence-electron chi connectivity index (χ3n) is 1.65. The highest BCUT2D eigenvalue weighted by molar-refractivity contribution is 9.10. The standard InChI is InChI=1S/C9H11BrFNO/c10-8-2-1-3-9(11)7(8)6-12-4-5-13/h1-3,12-13H,4-6H2. The Balaban J connectivity index is 2.64. The van der Waals surface area contributed by atoms with Gasteiger partial charge in [0.1, 0.15) is 5.82 Å². The lowest BCUT2D eigenvalue weighted by Crippen LogP contribution is -2.18. The van der Waals surface area contributed by atoms with Crippen LogP contribution in [0.1, 0.15) is 5.56 Å². The molecule has 0 amide bonds. The topological polar surface area (TPSA) is 32.3 Å². The fraction of sp³-hybridized carbons (Fsp3) is 0.333. The molecule has 2 N–H and O–H groups in total. The minimum absolute atomic E-state index is 0.0616. The van der Waals surface area contributed by atoms with E-state index in [0.29, 0.717) is 18.7 Å². The lowest BCUT2D eigenvalue weighted by Gasteiger charge is -2.06. The Labute approximate surface area is 84.9 Å². The molecule has 0 aromatic heterocycles. The average molecular weight is 248 g/mol. The Morgan fingerprint density at radius 2 is 2.23 bits per heavy atom. The van der Waals surface area contributed by atoms with Gasteiger partial charge in [0.25, 0.3) is 0 Å². The summed E-state index contributed by atoms with van der Waals surface area (Å²) in [5, 5.41) is 11.4. The monoisotopic (exact) mass is 247 g/mol. The Morgan fingerprint density at radius 3 is 2.85 bits per heavy atom. The fourth-order valence-corrected chi connectivity index (χ4v) is 1.48. The molecule has 4 heteroatoms. The number of halogens is 2. The van der Waals surface area contributed by atoms with Crippen LogP contribution in [0.2, 0.25) is 0 Å². The Bertz CT molecular complexity index is 260. The van der Waals surface area contributed by atoms with E-state index >= 15 is 0 Å². The highest BCUT2D eigenvalue weighted by Crippen LogP contribution is 2.18. The van der Waals surface area contributed by atoms with Crippen LogP contribution < -0.4 is 5.32 Å². The second-order valence-electron chi connectivity index (χ2n) is 2.60. The van der Waals surface area contributed by atoms with Gasteiger partial charge in [-0.1, -0.05) is 22.0 Å². The van der Waals surface area contributed by atoms with Crippen LogP contribution in [-0.4, -0.2) is 18.3 Å². The van der Waals surface area contributed by atoms with Gasteiger partial charge in [0.2, 0.25) is 0 Å². The Hall–Kier alpha value is -0.450. The van der Waals surface area contributed by atoms with Crippen molar-refractivity contribution in [1.29, 1.82) is 0 Å². The van der Waals surface area contributed by atoms with E-state index in [1.165, 1.54) is 6.07 Å². The molecule has 0 radical (unpaired) electrons. The zero-order valence-electron chi connectivity index (χ0n) is 7.06. The van der Waals surface area contributed by atoms with Gasteiger partial charge in [0.15, 0.2) is 0 Å². The van der Waals surface area contributed by atoms with Gasteiger partial charge in [0.05, 0.1) is 6.61 Å². The third kappa shape index (κ3) is 3.06. The molecule has 0 saturated heterocycles. The number of aliphatic hydroxyl groups excluding tert-OH is 1. The largest absolute Gasteiger partial charge is 0.395 e. The second kappa shape index (κ2) is 5.32. The van der Waals surface area contributed by atoms with Crippen molar-refractivity contribution < 1.29 is 9.50 Å². The van der Waals surface area contributed by atoms with E-state index in [2.05, 4.69) is 21.2 Å². The second-order valence-corrected chi connectivity index (χ2v) is 3.45. The van der Waals surface area contributed by atoms with Crippen LogP contribution in [0.15, 0.2) is 22.7 Å². The normalized spacial score (nSPS) is 10.4. The molecule has 0 unspecified atom stereocenters. The molecule has 0 saturated carbocycles. The molecule has 1 aromatic carbocycles. The molecule has 0 fully saturated rings. The van der Waals surface area contributed by atoms with E-state index in [4.69, 9.17) is 5.11 Å². The summed E-state index contributed by atoms with van der Waals surface area (Å²) >= 11 is 3.26. The lowest BCUT2D eigenvalue weighted by molar-refractivity contribution is 0.291. The molecule has 0 heterocycles. The van der Waals surface area contributed by atoms with Gasteiger partial charge in [-0.05, 0) is 12.1 Å². The minimum Gasteiger partial charge on any atom is -0.395 e. The molecule has 72 valence electrons. The van der Waals surface area contributed by atoms with Gasteiger partial charge < -0.3 is 10.4 Å². The van der Waals surface area contributed by atoms with Gasteiger partial charge in [-0.2, -0.15) is 0 Å². The highest BCUT2D eigenvalue weighted by Gasteiger charge is 2.04. The first-order chi connectivity index (χ1) is 6.25. The molecule has 0 aliphatic carbocycles. The molecule has 13 heavy (non-hydrogen) atoms. The Kier molecular flexibility index (Phi) is 4.35. The summed E-state index contributed by atoms with van der Waals surface area (Å²) in [5.74, 6) is -0.236. The summed E-state index contributed by atoms with van der Waals surface area (Å²) in [6.07, 6.45) is 0. The number of nitrogens with one attached hydrogen (secondary N) is 1. The number of benzene rings is 1. The van der Waals surface area contributed by atoms with Crippen molar-refractivity contribution in [1.82, 2.24) is 5.32 Å². The summed E-state index contributed by atoms with van der Waals surface area (Å²) in [4.78, 5) is 0. The number of hydrogen-bond acceptors (Lipinski definition) is 2. The molecule has 0 spiro atoms. The molecular formula is C9H11BrFNO. The van der Waals surface area contributed by atoms with E-state index in [-0.39, 0.29) is 12.4 Å². The van der Waals surface area contributed by atoms with Crippen molar-refractivity contribution in [3.63, 3.8) is 0 Å². The first-order valence-electron chi connectivity index (χ1n) is 4.00. The maximum absolute atomic E-state index is 13.1. The van der Waals surface area contributed by atoms with E-state index in [9.17, 15) is 4.39 Å². The Morgan fingerprint density at radius 1 is 1.46 bits per heavy atom. The molecule has 0 bridgehead atoms. The summed E-state index contributed by atoms with van der Waals surface area (Å²) < 4.78 is 13.9. The first kappa shape index (κ1) is 10.6. The number of aliphatic hydroxyl groups is 1. The van der Waals surface area contributed by atoms with Crippen LogP contribution in [0.5, 0.6) is 0 Å². The molecule has 1 rings (SSSR count). The van der Waals surface area contributed by atoms with Crippen LogP contribution >= 0.6 is 15.9 Å². The zero-order chi connectivity index (χ0) is 9.68. The van der Waals surface area contributed by atoms with Crippen LogP contribution in [-0.2, 0) is 6.54 Å². The first-order valence-corrected chi connectivity index (χ1v) is 4.79. The predicted octanol–water partition coefficient (Wildman–Crippen LogP) is 1.67. The van der Waals surface area contributed by atoms with Crippen molar-refractivity contribution in [3.8, 4) is 0 Å². The van der Waals surface area contributed by atoms with Crippen molar-refractivity contribution in [3.05, 3.63) is 34.1 Å². The van der Waals surface area contributed by atoms with Gasteiger partial charge in [-0.15, -0.1) is 0 Å². The van der Waals surface area contributed by atoms with Crippen molar-refractivity contribution in [2.45, 2.75) is 6.54 Å². The van der Waals surface area contributed by atoms with Crippen LogP contribution in [0.4, 0.5) is 4.39 Å². The number of rotatable bonds is 4. The van der Waals surface area contributed by atoms with Crippen molar-refractivity contribution in [2.75, 3.05) is 13.2 Å². The zero-order valence-corrected chi connectivity index (χ0v) is 8.64. The van der Waals surface area contributed by atoms with Crippen molar-refractivity contribution >= 4 is 15.9 Å². The van der Waals surface area contributed by atoms with E-state index in [1.54, 1.807) is 12.1 Å². The highest BCUT2D eigenvalue weighted by atomic mass is 79.9. The number of hydrogen-bond donors (Lipinski definition) is 2. The third-order valence-corrected chi connectivity index (χ3v) is 2.39. The molecule has 1 aromatic rings.